The number of hydrogen-bond acceptors (Lipinski definition) is 4. The third kappa shape index (κ3) is 2.26. The van der Waals surface area contributed by atoms with Gasteiger partial charge in [-0.2, -0.15) is 0 Å². The molecule has 1 aromatic carbocycles. The van der Waals surface area contributed by atoms with E-state index >= 15 is 0 Å². The highest BCUT2D eigenvalue weighted by Crippen LogP contribution is 2.20. The van der Waals surface area contributed by atoms with Crippen molar-refractivity contribution in [2.24, 2.45) is 5.16 Å². The Kier molecular flexibility index (Phi) is 3.53. The van der Waals surface area contributed by atoms with Crippen molar-refractivity contribution < 1.29 is 15.1 Å². The number of thioether (sulfide) groups is 1. The number of nitrogens with zero attached hydrogens (tertiary/aromatic N) is 1. The van der Waals surface area contributed by atoms with Gasteiger partial charge in [-0.3, -0.25) is 0 Å². The topological polar surface area (TPSA) is 69.9 Å². The van der Waals surface area contributed by atoms with Crippen molar-refractivity contribution in [3.8, 4) is 0 Å². The summed E-state index contributed by atoms with van der Waals surface area (Å²) in [5, 5.41) is 20.0. The lowest BCUT2D eigenvalue weighted by Crippen LogP contribution is -1.97. The van der Waals surface area contributed by atoms with E-state index in [0.29, 0.717) is 5.56 Å². The van der Waals surface area contributed by atoms with Crippen LogP contribution in [0.3, 0.4) is 0 Å². The fraction of sp³-hybridized carbons (Fsp3) is 0.111. The Morgan fingerprint density at radius 2 is 2.29 bits per heavy atom. The van der Waals surface area contributed by atoms with E-state index in [1.165, 1.54) is 24.0 Å². The molecule has 0 saturated heterocycles. The lowest BCUT2D eigenvalue weighted by Gasteiger charge is -2.02. The van der Waals surface area contributed by atoms with Crippen molar-refractivity contribution in [1.29, 1.82) is 0 Å². The first-order valence-corrected chi connectivity index (χ1v) is 5.00. The van der Waals surface area contributed by atoms with E-state index < -0.39 is 5.97 Å². The van der Waals surface area contributed by atoms with E-state index in [0.717, 1.165) is 4.90 Å². The van der Waals surface area contributed by atoms with Crippen LogP contribution in [-0.2, 0) is 0 Å². The summed E-state index contributed by atoms with van der Waals surface area (Å²) in [6.07, 6.45) is 3.10. The average molecular weight is 211 g/mol. The van der Waals surface area contributed by atoms with Crippen molar-refractivity contribution in [1.82, 2.24) is 0 Å². The minimum atomic E-state index is -0.965. The molecule has 0 spiro atoms. The highest BCUT2D eigenvalue weighted by molar-refractivity contribution is 7.98. The third-order valence-corrected chi connectivity index (χ3v) is 2.47. The molecule has 0 aliphatic rings. The molecule has 0 unspecified atom stereocenters. The predicted molar refractivity (Wildman–Crippen MR) is 54.6 cm³/mol. The van der Waals surface area contributed by atoms with Crippen molar-refractivity contribution in [2.45, 2.75) is 4.90 Å². The number of benzene rings is 1. The number of oxime groups is 1. The quantitative estimate of drug-likeness (QED) is 0.347. The van der Waals surface area contributed by atoms with Crippen molar-refractivity contribution in [3.63, 3.8) is 0 Å². The molecule has 0 aromatic heterocycles. The molecular formula is C9H9NO3S. The first kappa shape index (κ1) is 10.6. The SMILES string of the molecule is CSc1cc(C(=O)O)ccc1/C=N/O. The van der Waals surface area contributed by atoms with Crippen LogP contribution in [0.4, 0.5) is 0 Å². The maximum absolute atomic E-state index is 10.6. The first-order chi connectivity index (χ1) is 6.69. The monoisotopic (exact) mass is 211 g/mol. The van der Waals surface area contributed by atoms with Crippen molar-refractivity contribution in [2.75, 3.05) is 6.26 Å². The van der Waals surface area contributed by atoms with E-state index in [9.17, 15) is 4.79 Å². The Bertz CT molecular complexity index is 376. The Hall–Kier alpha value is -1.49. The Morgan fingerprint density at radius 3 is 2.79 bits per heavy atom. The van der Waals surface area contributed by atoms with Gasteiger partial charge in [0.05, 0.1) is 11.8 Å². The molecule has 0 aliphatic heterocycles. The van der Waals surface area contributed by atoms with Crippen LogP contribution >= 0.6 is 11.8 Å². The van der Waals surface area contributed by atoms with Crippen LogP contribution in [0, 0.1) is 0 Å². The maximum Gasteiger partial charge on any atom is 0.335 e. The van der Waals surface area contributed by atoms with Gasteiger partial charge in [0.1, 0.15) is 0 Å². The first-order valence-electron chi connectivity index (χ1n) is 3.78. The summed E-state index contributed by atoms with van der Waals surface area (Å²) in [5.74, 6) is -0.965. The number of aromatic carboxylic acids is 1. The van der Waals surface area contributed by atoms with Gasteiger partial charge in [0.2, 0.25) is 0 Å². The Balaban J connectivity index is 3.17. The molecule has 0 heterocycles. The summed E-state index contributed by atoms with van der Waals surface area (Å²) in [6, 6.07) is 4.62. The predicted octanol–water partition coefficient (Wildman–Crippen LogP) is 1.91. The zero-order valence-corrected chi connectivity index (χ0v) is 8.28. The highest BCUT2D eigenvalue weighted by atomic mass is 32.2. The fourth-order valence-corrected chi connectivity index (χ4v) is 1.61. The van der Waals surface area contributed by atoms with Gasteiger partial charge in [-0.05, 0) is 18.4 Å². The lowest BCUT2D eigenvalue weighted by atomic mass is 10.1. The van der Waals surface area contributed by atoms with Gasteiger partial charge in [0.25, 0.3) is 0 Å². The maximum atomic E-state index is 10.6. The summed E-state index contributed by atoms with van der Waals surface area (Å²) in [7, 11) is 0. The van der Waals surface area contributed by atoms with Crippen molar-refractivity contribution >= 4 is 23.9 Å². The largest absolute Gasteiger partial charge is 0.478 e. The fourth-order valence-electron chi connectivity index (χ4n) is 1.01. The van der Waals surface area contributed by atoms with Crippen LogP contribution in [-0.4, -0.2) is 28.8 Å². The van der Waals surface area contributed by atoms with E-state index in [4.69, 9.17) is 10.3 Å². The number of carboxylic acids is 1. The number of carbonyl (C=O) groups is 1. The van der Waals surface area contributed by atoms with E-state index in [-0.39, 0.29) is 5.56 Å². The number of hydrogen-bond donors (Lipinski definition) is 2. The standard InChI is InChI=1S/C9H9NO3S/c1-14-8-4-6(9(11)12)2-3-7(8)5-10-13/h2-5,13H,1H3,(H,11,12)/b10-5+. The molecular weight excluding hydrogens is 202 g/mol. The van der Waals surface area contributed by atoms with Gasteiger partial charge in [0, 0.05) is 10.5 Å². The van der Waals surface area contributed by atoms with Gasteiger partial charge in [-0.25, -0.2) is 4.79 Å². The van der Waals surface area contributed by atoms with Gasteiger partial charge >= 0.3 is 5.97 Å². The van der Waals surface area contributed by atoms with Gasteiger partial charge in [-0.15, -0.1) is 11.8 Å². The molecule has 4 nitrogen and oxygen atoms in total. The van der Waals surface area contributed by atoms with Crippen LogP contribution in [0.1, 0.15) is 15.9 Å². The number of carboxylic acid groups (broad SMARTS) is 1. The zero-order chi connectivity index (χ0) is 10.6. The second-order valence-electron chi connectivity index (χ2n) is 2.51. The summed E-state index contributed by atoms with van der Waals surface area (Å²) >= 11 is 1.40. The molecule has 2 N–H and O–H groups in total. The Morgan fingerprint density at radius 1 is 1.57 bits per heavy atom. The van der Waals surface area contributed by atoms with E-state index in [1.54, 1.807) is 12.1 Å². The van der Waals surface area contributed by atoms with Crippen LogP contribution in [0.15, 0.2) is 28.3 Å². The summed E-state index contributed by atoms with van der Waals surface area (Å²) < 4.78 is 0. The molecule has 74 valence electrons. The minimum Gasteiger partial charge on any atom is -0.478 e. The molecule has 0 atom stereocenters. The third-order valence-electron chi connectivity index (χ3n) is 1.68. The second kappa shape index (κ2) is 4.66. The minimum absolute atomic E-state index is 0.226. The smallest absolute Gasteiger partial charge is 0.335 e. The molecule has 0 fully saturated rings. The van der Waals surface area contributed by atoms with Gasteiger partial charge < -0.3 is 10.3 Å². The van der Waals surface area contributed by atoms with Crippen molar-refractivity contribution in [3.05, 3.63) is 29.3 Å². The summed E-state index contributed by atoms with van der Waals surface area (Å²) in [4.78, 5) is 11.4. The average Bonchev–Trinajstić information content (AvgIpc) is 2.18. The molecule has 0 radical (unpaired) electrons. The lowest BCUT2D eigenvalue weighted by molar-refractivity contribution is 0.0696. The molecule has 0 aliphatic carbocycles. The normalized spacial score (nSPS) is 10.6. The molecule has 5 heteroatoms. The molecule has 0 bridgehead atoms. The Labute approximate surface area is 85.2 Å². The highest BCUT2D eigenvalue weighted by Gasteiger charge is 2.06. The van der Waals surface area contributed by atoms with Crippen LogP contribution in [0.2, 0.25) is 0 Å². The molecule has 14 heavy (non-hydrogen) atoms. The van der Waals surface area contributed by atoms with E-state index in [2.05, 4.69) is 5.16 Å². The second-order valence-corrected chi connectivity index (χ2v) is 3.35. The summed E-state index contributed by atoms with van der Waals surface area (Å²) in [6.45, 7) is 0. The summed E-state index contributed by atoms with van der Waals surface area (Å²) in [5.41, 5.74) is 0.925. The molecule has 1 aromatic rings. The molecule has 0 saturated carbocycles. The van der Waals surface area contributed by atoms with Crippen LogP contribution in [0.5, 0.6) is 0 Å². The van der Waals surface area contributed by atoms with Crippen LogP contribution < -0.4 is 0 Å². The molecule has 0 amide bonds. The van der Waals surface area contributed by atoms with E-state index in [1.807, 2.05) is 6.26 Å². The number of rotatable bonds is 3. The molecule has 1 rings (SSSR count). The van der Waals surface area contributed by atoms with Gasteiger partial charge in [-0.1, -0.05) is 11.2 Å². The van der Waals surface area contributed by atoms with Gasteiger partial charge in [0.15, 0.2) is 0 Å². The zero-order valence-electron chi connectivity index (χ0n) is 7.47. The van der Waals surface area contributed by atoms with Crippen LogP contribution in [0.25, 0.3) is 0 Å².